The van der Waals surface area contributed by atoms with Crippen LogP contribution in [0.3, 0.4) is 0 Å². The summed E-state index contributed by atoms with van der Waals surface area (Å²) >= 11 is 0. The highest BCUT2D eigenvalue weighted by molar-refractivity contribution is 6.06. The van der Waals surface area contributed by atoms with E-state index in [-0.39, 0.29) is 5.91 Å². The Bertz CT molecular complexity index is 706. The van der Waals surface area contributed by atoms with Gasteiger partial charge in [-0.2, -0.15) is 0 Å². The van der Waals surface area contributed by atoms with E-state index in [0.717, 1.165) is 30.2 Å². The summed E-state index contributed by atoms with van der Waals surface area (Å²) in [5.41, 5.74) is 3.70. The van der Waals surface area contributed by atoms with Crippen LogP contribution in [0, 0.1) is 0 Å². The monoisotopic (exact) mass is 323 g/mol. The Morgan fingerprint density at radius 1 is 1.00 bits per heavy atom. The van der Waals surface area contributed by atoms with Crippen molar-refractivity contribution in [1.82, 2.24) is 0 Å². The molecule has 3 rings (SSSR count). The lowest BCUT2D eigenvalue weighted by molar-refractivity contribution is 0.102. The first kappa shape index (κ1) is 16.4. The van der Waals surface area contributed by atoms with Gasteiger partial charge in [-0.25, -0.2) is 0 Å². The lowest BCUT2D eigenvalue weighted by Gasteiger charge is -2.30. The van der Waals surface area contributed by atoms with Crippen LogP contribution in [-0.4, -0.2) is 33.1 Å². The highest BCUT2D eigenvalue weighted by Gasteiger charge is 2.16. The molecule has 4 heteroatoms. The second-order valence-electron chi connectivity index (χ2n) is 6.46. The molecule has 0 atom stereocenters. The summed E-state index contributed by atoms with van der Waals surface area (Å²) in [7, 11) is 3.95. The first-order chi connectivity index (χ1) is 11.6. The normalized spacial score (nSPS) is 14.3. The van der Waals surface area contributed by atoms with Gasteiger partial charge in [0.1, 0.15) is 0 Å². The SMILES string of the molecule is CN(C)c1cccc(C(=O)Nc2ccccc2N2CCCCC2)c1. The number of nitrogens with one attached hydrogen (secondary N) is 1. The highest BCUT2D eigenvalue weighted by Crippen LogP contribution is 2.28. The van der Waals surface area contributed by atoms with Crippen molar-refractivity contribution in [2.75, 3.05) is 42.3 Å². The molecule has 1 amide bonds. The number of benzene rings is 2. The molecule has 24 heavy (non-hydrogen) atoms. The molecular formula is C20H25N3O. The van der Waals surface area contributed by atoms with Gasteiger partial charge in [0, 0.05) is 38.4 Å². The molecule has 0 unspecified atom stereocenters. The van der Waals surface area contributed by atoms with E-state index in [1.54, 1.807) is 0 Å². The van der Waals surface area contributed by atoms with Crippen molar-refractivity contribution in [2.45, 2.75) is 19.3 Å². The van der Waals surface area contributed by atoms with Gasteiger partial charge in [-0.15, -0.1) is 0 Å². The molecule has 1 saturated heterocycles. The Kier molecular flexibility index (Phi) is 5.04. The number of anilines is 3. The Labute approximate surface area is 144 Å². The number of nitrogens with zero attached hydrogens (tertiary/aromatic N) is 2. The zero-order chi connectivity index (χ0) is 16.9. The first-order valence-electron chi connectivity index (χ1n) is 8.58. The van der Waals surface area contributed by atoms with E-state index in [1.165, 1.54) is 19.3 Å². The lowest BCUT2D eigenvalue weighted by atomic mass is 10.1. The van der Waals surface area contributed by atoms with E-state index in [0.29, 0.717) is 5.56 Å². The van der Waals surface area contributed by atoms with Crippen molar-refractivity contribution in [3.05, 3.63) is 54.1 Å². The van der Waals surface area contributed by atoms with Crippen LogP contribution in [0.25, 0.3) is 0 Å². The molecule has 2 aromatic carbocycles. The van der Waals surface area contributed by atoms with Crippen LogP contribution in [0.15, 0.2) is 48.5 Å². The number of hydrogen-bond acceptors (Lipinski definition) is 3. The van der Waals surface area contributed by atoms with Gasteiger partial charge < -0.3 is 15.1 Å². The van der Waals surface area contributed by atoms with E-state index in [2.05, 4.69) is 16.3 Å². The average molecular weight is 323 g/mol. The standard InChI is InChI=1S/C20H25N3O/c1-22(2)17-10-8-9-16(15-17)20(24)21-18-11-4-5-12-19(18)23-13-6-3-7-14-23/h4-5,8-12,15H,3,6-7,13-14H2,1-2H3,(H,21,24). The number of para-hydroxylation sites is 2. The van der Waals surface area contributed by atoms with Crippen LogP contribution in [0.2, 0.25) is 0 Å². The predicted octanol–water partition coefficient (Wildman–Crippen LogP) is 4.00. The zero-order valence-electron chi connectivity index (χ0n) is 14.5. The third kappa shape index (κ3) is 3.70. The van der Waals surface area contributed by atoms with Gasteiger partial charge in [0.25, 0.3) is 5.91 Å². The van der Waals surface area contributed by atoms with Gasteiger partial charge in [0.05, 0.1) is 11.4 Å². The number of piperidine rings is 1. The highest BCUT2D eigenvalue weighted by atomic mass is 16.1. The topological polar surface area (TPSA) is 35.6 Å². The van der Waals surface area contributed by atoms with Crippen molar-refractivity contribution < 1.29 is 4.79 Å². The maximum absolute atomic E-state index is 12.7. The summed E-state index contributed by atoms with van der Waals surface area (Å²) in [5.74, 6) is -0.0665. The van der Waals surface area contributed by atoms with Gasteiger partial charge in [0.15, 0.2) is 0 Å². The van der Waals surface area contributed by atoms with Crippen molar-refractivity contribution in [2.24, 2.45) is 0 Å². The van der Waals surface area contributed by atoms with Crippen molar-refractivity contribution in [1.29, 1.82) is 0 Å². The van der Waals surface area contributed by atoms with E-state index < -0.39 is 0 Å². The molecule has 1 heterocycles. The summed E-state index contributed by atoms with van der Waals surface area (Å²) < 4.78 is 0. The van der Waals surface area contributed by atoms with Crippen molar-refractivity contribution in [3.63, 3.8) is 0 Å². The summed E-state index contributed by atoms with van der Waals surface area (Å²) in [4.78, 5) is 17.0. The Balaban J connectivity index is 1.80. The molecule has 0 bridgehead atoms. The van der Waals surface area contributed by atoms with Crippen molar-refractivity contribution in [3.8, 4) is 0 Å². The molecule has 126 valence electrons. The van der Waals surface area contributed by atoms with Gasteiger partial charge in [-0.3, -0.25) is 4.79 Å². The molecule has 1 fully saturated rings. The number of rotatable bonds is 4. The van der Waals surface area contributed by atoms with Crippen LogP contribution < -0.4 is 15.1 Å². The minimum Gasteiger partial charge on any atom is -0.378 e. The number of hydrogen-bond donors (Lipinski definition) is 1. The minimum absolute atomic E-state index is 0.0665. The fourth-order valence-electron chi connectivity index (χ4n) is 3.11. The minimum atomic E-state index is -0.0665. The van der Waals surface area contributed by atoms with Crippen molar-refractivity contribution >= 4 is 23.0 Å². The number of carbonyl (C=O) groups is 1. The van der Waals surface area contributed by atoms with Gasteiger partial charge in [-0.1, -0.05) is 18.2 Å². The third-order valence-corrected chi connectivity index (χ3v) is 4.47. The molecule has 0 saturated carbocycles. The van der Waals surface area contributed by atoms with Gasteiger partial charge >= 0.3 is 0 Å². The van der Waals surface area contributed by atoms with E-state index in [1.807, 2.05) is 61.5 Å². The molecule has 0 aromatic heterocycles. The van der Waals surface area contributed by atoms with Crippen LogP contribution in [0.1, 0.15) is 29.6 Å². The van der Waals surface area contributed by atoms with E-state index in [9.17, 15) is 4.79 Å². The summed E-state index contributed by atoms with van der Waals surface area (Å²) in [6, 6.07) is 15.8. The molecule has 0 radical (unpaired) electrons. The number of carbonyl (C=O) groups excluding carboxylic acids is 1. The maximum atomic E-state index is 12.7. The quantitative estimate of drug-likeness (QED) is 0.924. The largest absolute Gasteiger partial charge is 0.378 e. The van der Waals surface area contributed by atoms with E-state index >= 15 is 0 Å². The van der Waals surface area contributed by atoms with E-state index in [4.69, 9.17) is 0 Å². The fraction of sp³-hybridized carbons (Fsp3) is 0.350. The van der Waals surface area contributed by atoms with Crippen LogP contribution in [0.4, 0.5) is 17.1 Å². The fourth-order valence-corrected chi connectivity index (χ4v) is 3.11. The lowest BCUT2D eigenvalue weighted by Crippen LogP contribution is -2.30. The van der Waals surface area contributed by atoms with Gasteiger partial charge in [0.2, 0.25) is 0 Å². The Morgan fingerprint density at radius 2 is 1.75 bits per heavy atom. The molecule has 1 N–H and O–H groups in total. The molecule has 0 spiro atoms. The maximum Gasteiger partial charge on any atom is 0.255 e. The molecular weight excluding hydrogens is 298 g/mol. The van der Waals surface area contributed by atoms with Crippen LogP contribution in [-0.2, 0) is 0 Å². The zero-order valence-corrected chi connectivity index (χ0v) is 14.5. The smallest absolute Gasteiger partial charge is 0.255 e. The second-order valence-corrected chi connectivity index (χ2v) is 6.46. The van der Waals surface area contributed by atoms with Gasteiger partial charge in [-0.05, 0) is 49.6 Å². The molecule has 0 aliphatic carbocycles. The molecule has 2 aromatic rings. The molecule has 1 aliphatic rings. The predicted molar refractivity (Wildman–Crippen MR) is 101 cm³/mol. The first-order valence-corrected chi connectivity index (χ1v) is 8.58. The molecule has 1 aliphatic heterocycles. The summed E-state index contributed by atoms with van der Waals surface area (Å²) in [6.07, 6.45) is 3.72. The average Bonchev–Trinajstić information content (AvgIpc) is 2.63. The number of amides is 1. The van der Waals surface area contributed by atoms with Crippen LogP contribution >= 0.6 is 0 Å². The summed E-state index contributed by atoms with van der Waals surface area (Å²) in [6.45, 7) is 2.12. The Morgan fingerprint density at radius 3 is 2.50 bits per heavy atom. The second kappa shape index (κ2) is 7.39. The summed E-state index contributed by atoms with van der Waals surface area (Å²) in [5, 5.41) is 3.09. The van der Waals surface area contributed by atoms with Crippen LogP contribution in [0.5, 0.6) is 0 Å². The third-order valence-electron chi connectivity index (χ3n) is 4.47. The Hall–Kier alpha value is -2.49. The molecule has 4 nitrogen and oxygen atoms in total.